The first kappa shape index (κ1) is 12.6. The van der Waals surface area contributed by atoms with Gasteiger partial charge in [0.15, 0.2) is 0 Å². The molecule has 0 spiro atoms. The first-order valence-corrected chi connectivity index (χ1v) is 6.77. The molecule has 0 aliphatic carbocycles. The molecular weight excluding hydrogens is 208 g/mol. The molecule has 1 atom stereocenters. The Morgan fingerprint density at radius 2 is 2.06 bits per heavy atom. The summed E-state index contributed by atoms with van der Waals surface area (Å²) in [5.41, 5.74) is 1.43. The molecule has 2 nitrogen and oxygen atoms in total. The van der Waals surface area contributed by atoms with Gasteiger partial charge in [-0.2, -0.15) is 0 Å². The fourth-order valence-corrected chi connectivity index (χ4v) is 2.49. The molecule has 1 fully saturated rings. The number of hydrogen-bond acceptors (Lipinski definition) is 2. The summed E-state index contributed by atoms with van der Waals surface area (Å²) in [4.78, 5) is 2.56. The van der Waals surface area contributed by atoms with E-state index in [4.69, 9.17) is 0 Å². The van der Waals surface area contributed by atoms with Gasteiger partial charge in [0.25, 0.3) is 0 Å². The predicted octanol–water partition coefficient (Wildman–Crippen LogP) is 2.30. The molecule has 0 amide bonds. The third-order valence-corrected chi connectivity index (χ3v) is 3.64. The van der Waals surface area contributed by atoms with Gasteiger partial charge in [-0.15, -0.1) is 0 Å². The highest BCUT2D eigenvalue weighted by atomic mass is 15.2. The molecule has 2 heteroatoms. The molecule has 0 unspecified atom stereocenters. The monoisotopic (exact) mass is 232 g/mol. The highest BCUT2D eigenvalue weighted by molar-refractivity contribution is 5.14. The Bertz CT molecular complexity index is 321. The van der Waals surface area contributed by atoms with Crippen molar-refractivity contribution in [2.75, 3.05) is 19.6 Å². The molecule has 0 saturated carbocycles. The fourth-order valence-electron chi connectivity index (χ4n) is 2.49. The van der Waals surface area contributed by atoms with Crippen LogP contribution in [-0.2, 0) is 6.42 Å². The van der Waals surface area contributed by atoms with E-state index in [2.05, 4.69) is 54.4 Å². The second kappa shape index (κ2) is 6.18. The van der Waals surface area contributed by atoms with Crippen LogP contribution in [-0.4, -0.2) is 36.6 Å². The van der Waals surface area contributed by atoms with Gasteiger partial charge in [0.05, 0.1) is 0 Å². The van der Waals surface area contributed by atoms with Gasteiger partial charge >= 0.3 is 0 Å². The standard InChI is InChI=1S/C15H24N2/c1-13(2)17-11-9-15(12-17)16-10-8-14-6-4-3-5-7-14/h3-7,13,15-16H,8-12H2,1-2H3/t15-/m0/s1. The summed E-state index contributed by atoms with van der Waals surface area (Å²) in [5.74, 6) is 0. The number of likely N-dealkylation sites (tertiary alicyclic amines) is 1. The van der Waals surface area contributed by atoms with Gasteiger partial charge in [-0.1, -0.05) is 30.3 Å². The minimum Gasteiger partial charge on any atom is -0.312 e. The third-order valence-electron chi connectivity index (χ3n) is 3.64. The van der Waals surface area contributed by atoms with Crippen LogP contribution >= 0.6 is 0 Å². The molecule has 1 aliphatic rings. The lowest BCUT2D eigenvalue weighted by Gasteiger charge is -2.20. The molecule has 1 N–H and O–H groups in total. The Labute approximate surface area is 105 Å². The van der Waals surface area contributed by atoms with E-state index < -0.39 is 0 Å². The Hall–Kier alpha value is -0.860. The average molecular weight is 232 g/mol. The molecule has 0 bridgehead atoms. The number of nitrogens with zero attached hydrogens (tertiary/aromatic N) is 1. The fraction of sp³-hybridized carbons (Fsp3) is 0.600. The topological polar surface area (TPSA) is 15.3 Å². The lowest BCUT2D eigenvalue weighted by molar-refractivity contribution is 0.268. The van der Waals surface area contributed by atoms with Crippen molar-refractivity contribution in [2.45, 2.75) is 38.8 Å². The highest BCUT2D eigenvalue weighted by Gasteiger charge is 2.23. The van der Waals surface area contributed by atoms with E-state index in [1.165, 1.54) is 25.1 Å². The van der Waals surface area contributed by atoms with Crippen molar-refractivity contribution in [1.29, 1.82) is 0 Å². The average Bonchev–Trinajstić information content (AvgIpc) is 2.79. The lowest BCUT2D eigenvalue weighted by atomic mass is 10.1. The maximum atomic E-state index is 3.67. The zero-order valence-corrected chi connectivity index (χ0v) is 11.0. The number of rotatable bonds is 5. The molecule has 94 valence electrons. The van der Waals surface area contributed by atoms with Gasteiger partial charge in [-0.05, 0) is 45.3 Å². The summed E-state index contributed by atoms with van der Waals surface area (Å²) in [6, 6.07) is 12.1. The summed E-state index contributed by atoms with van der Waals surface area (Å²) in [7, 11) is 0. The van der Waals surface area contributed by atoms with Crippen LogP contribution in [0.25, 0.3) is 0 Å². The van der Waals surface area contributed by atoms with Crippen molar-refractivity contribution in [1.82, 2.24) is 10.2 Å². The van der Waals surface area contributed by atoms with E-state index in [-0.39, 0.29) is 0 Å². The minimum absolute atomic E-state index is 0.691. The molecule has 1 heterocycles. The van der Waals surface area contributed by atoms with Gasteiger partial charge in [0.2, 0.25) is 0 Å². The zero-order valence-electron chi connectivity index (χ0n) is 11.0. The van der Waals surface area contributed by atoms with E-state index in [0.717, 1.165) is 13.0 Å². The van der Waals surface area contributed by atoms with Gasteiger partial charge in [0, 0.05) is 18.6 Å². The smallest absolute Gasteiger partial charge is 0.0207 e. The first-order valence-electron chi connectivity index (χ1n) is 6.77. The quantitative estimate of drug-likeness (QED) is 0.838. The van der Waals surface area contributed by atoms with Gasteiger partial charge in [0.1, 0.15) is 0 Å². The van der Waals surface area contributed by atoms with Crippen molar-refractivity contribution in [2.24, 2.45) is 0 Å². The summed E-state index contributed by atoms with van der Waals surface area (Å²) >= 11 is 0. The van der Waals surface area contributed by atoms with Gasteiger partial charge in [-0.25, -0.2) is 0 Å². The molecular formula is C15H24N2. The maximum Gasteiger partial charge on any atom is 0.0207 e. The summed E-state index contributed by atoms with van der Waals surface area (Å²) < 4.78 is 0. The van der Waals surface area contributed by atoms with E-state index in [1.807, 2.05) is 0 Å². The van der Waals surface area contributed by atoms with Crippen molar-refractivity contribution in [3.05, 3.63) is 35.9 Å². The molecule has 0 radical (unpaired) electrons. The van der Waals surface area contributed by atoms with Crippen molar-refractivity contribution in [3.8, 4) is 0 Å². The van der Waals surface area contributed by atoms with E-state index in [1.54, 1.807) is 0 Å². The highest BCUT2D eigenvalue weighted by Crippen LogP contribution is 2.12. The van der Waals surface area contributed by atoms with Crippen LogP contribution in [0.3, 0.4) is 0 Å². The van der Waals surface area contributed by atoms with E-state index >= 15 is 0 Å². The van der Waals surface area contributed by atoms with Crippen LogP contribution in [0, 0.1) is 0 Å². The Morgan fingerprint density at radius 3 is 2.71 bits per heavy atom. The second-order valence-corrected chi connectivity index (χ2v) is 5.26. The number of nitrogens with one attached hydrogen (secondary N) is 1. The predicted molar refractivity (Wildman–Crippen MR) is 73.3 cm³/mol. The Morgan fingerprint density at radius 1 is 1.29 bits per heavy atom. The lowest BCUT2D eigenvalue weighted by Crippen LogP contribution is -2.36. The van der Waals surface area contributed by atoms with Crippen LogP contribution < -0.4 is 5.32 Å². The summed E-state index contributed by atoms with van der Waals surface area (Å²) in [5, 5.41) is 3.67. The van der Waals surface area contributed by atoms with Gasteiger partial charge < -0.3 is 5.32 Å². The first-order chi connectivity index (χ1) is 8.25. The Balaban J connectivity index is 1.67. The maximum absolute atomic E-state index is 3.67. The molecule has 1 aliphatic heterocycles. The van der Waals surface area contributed by atoms with Crippen LogP contribution in [0.5, 0.6) is 0 Å². The molecule has 1 aromatic carbocycles. The van der Waals surface area contributed by atoms with Crippen molar-refractivity contribution < 1.29 is 0 Å². The summed E-state index contributed by atoms with van der Waals surface area (Å²) in [6.45, 7) is 8.13. The van der Waals surface area contributed by atoms with Crippen LogP contribution in [0.2, 0.25) is 0 Å². The largest absolute Gasteiger partial charge is 0.312 e. The van der Waals surface area contributed by atoms with Crippen LogP contribution in [0.15, 0.2) is 30.3 Å². The minimum atomic E-state index is 0.691. The van der Waals surface area contributed by atoms with Crippen molar-refractivity contribution >= 4 is 0 Å². The molecule has 0 aromatic heterocycles. The van der Waals surface area contributed by atoms with Crippen molar-refractivity contribution in [3.63, 3.8) is 0 Å². The van der Waals surface area contributed by atoms with Gasteiger partial charge in [-0.3, -0.25) is 4.90 Å². The van der Waals surface area contributed by atoms with E-state index in [0.29, 0.717) is 12.1 Å². The molecule has 17 heavy (non-hydrogen) atoms. The molecule has 1 aromatic rings. The number of benzene rings is 1. The molecule has 2 rings (SSSR count). The Kier molecular flexibility index (Phi) is 4.57. The second-order valence-electron chi connectivity index (χ2n) is 5.26. The van der Waals surface area contributed by atoms with E-state index in [9.17, 15) is 0 Å². The van der Waals surface area contributed by atoms with Crippen LogP contribution in [0.4, 0.5) is 0 Å². The van der Waals surface area contributed by atoms with Crippen LogP contribution in [0.1, 0.15) is 25.8 Å². The number of hydrogen-bond donors (Lipinski definition) is 1. The molecule has 1 saturated heterocycles. The summed E-state index contributed by atoms with van der Waals surface area (Å²) in [6.07, 6.45) is 2.44. The third kappa shape index (κ3) is 3.83. The SMILES string of the molecule is CC(C)N1CC[C@H](NCCc2ccccc2)C1. The normalized spacial score (nSPS) is 21.2. The zero-order chi connectivity index (χ0) is 12.1.